The number of likely N-dealkylation sites (N-methyl/N-ethyl adjacent to an activating group) is 2. The lowest BCUT2D eigenvalue weighted by atomic mass is 10.1. The molecule has 2 amide bonds. The van der Waals surface area contributed by atoms with Crippen molar-refractivity contribution >= 4 is 21.8 Å². The summed E-state index contributed by atoms with van der Waals surface area (Å²) >= 11 is 0. The molecule has 1 fully saturated rings. The van der Waals surface area contributed by atoms with E-state index in [4.69, 9.17) is 9.47 Å². The summed E-state index contributed by atoms with van der Waals surface area (Å²) in [7, 11) is 1.05. The summed E-state index contributed by atoms with van der Waals surface area (Å²) in [4.78, 5) is 31.2. The van der Waals surface area contributed by atoms with Crippen molar-refractivity contribution < 1.29 is 27.5 Å². The lowest BCUT2D eigenvalue weighted by Crippen LogP contribution is -2.42. The van der Waals surface area contributed by atoms with Gasteiger partial charge in [0.15, 0.2) is 0 Å². The van der Waals surface area contributed by atoms with E-state index in [-0.39, 0.29) is 42.5 Å². The van der Waals surface area contributed by atoms with Crippen molar-refractivity contribution in [3.8, 4) is 5.75 Å². The van der Waals surface area contributed by atoms with Crippen LogP contribution in [0.25, 0.3) is 0 Å². The van der Waals surface area contributed by atoms with Crippen LogP contribution in [0.4, 0.5) is 0 Å². The summed E-state index contributed by atoms with van der Waals surface area (Å²) in [6.07, 6.45) is 1.22. The molecule has 0 saturated carbocycles. The van der Waals surface area contributed by atoms with Crippen molar-refractivity contribution in [1.29, 1.82) is 0 Å². The zero-order chi connectivity index (χ0) is 27.8. The van der Waals surface area contributed by atoms with Crippen LogP contribution >= 0.6 is 0 Å². The minimum atomic E-state index is -3.72. The van der Waals surface area contributed by atoms with Gasteiger partial charge >= 0.3 is 0 Å². The van der Waals surface area contributed by atoms with Gasteiger partial charge in [0.1, 0.15) is 12.4 Å². The summed E-state index contributed by atoms with van der Waals surface area (Å²) < 4.78 is 38.2. The van der Waals surface area contributed by atoms with Crippen LogP contribution in [-0.4, -0.2) is 119 Å². The molecule has 0 spiro atoms. The molecule has 0 aromatic heterocycles. The monoisotopic (exact) mass is 540 g/mol. The van der Waals surface area contributed by atoms with Gasteiger partial charge in [-0.25, -0.2) is 8.42 Å². The average molecular weight is 541 g/mol. The van der Waals surface area contributed by atoms with Crippen LogP contribution in [0.2, 0.25) is 0 Å². The first kappa shape index (κ1) is 31.0. The van der Waals surface area contributed by atoms with E-state index in [0.29, 0.717) is 36.4 Å². The van der Waals surface area contributed by atoms with E-state index >= 15 is 0 Å². The van der Waals surface area contributed by atoms with Gasteiger partial charge in [0, 0.05) is 46.7 Å². The smallest absolute Gasteiger partial charge is 0.248 e. The maximum Gasteiger partial charge on any atom is 0.248 e. The molecule has 1 saturated heterocycles. The van der Waals surface area contributed by atoms with E-state index in [2.05, 4.69) is 18.7 Å². The molecule has 11 heteroatoms. The second kappa shape index (κ2) is 14.1. The number of methoxy groups -OCH3 is 1. The second-order valence-corrected chi connectivity index (χ2v) is 11.5. The number of carbonyl (C=O) groups is 2. The third-order valence-electron chi connectivity index (χ3n) is 7.11. The number of benzene rings is 1. The second-order valence-electron chi connectivity index (χ2n) is 9.53. The molecule has 0 aliphatic carbocycles. The summed E-state index contributed by atoms with van der Waals surface area (Å²) in [6, 6.07) is 3.35. The number of ether oxygens (including phenoxy) is 2. The van der Waals surface area contributed by atoms with Crippen LogP contribution in [0, 0.1) is 13.8 Å². The van der Waals surface area contributed by atoms with E-state index in [9.17, 15) is 18.0 Å². The average Bonchev–Trinajstić information content (AvgIpc) is 3.36. The molecule has 1 atom stereocenters. The van der Waals surface area contributed by atoms with E-state index in [1.165, 1.54) is 11.4 Å². The summed E-state index contributed by atoms with van der Waals surface area (Å²) in [6.45, 7) is 11.5. The van der Waals surface area contributed by atoms with Crippen LogP contribution in [0.15, 0.2) is 17.0 Å². The van der Waals surface area contributed by atoms with Gasteiger partial charge in [0.2, 0.25) is 21.8 Å². The van der Waals surface area contributed by atoms with Gasteiger partial charge in [-0.1, -0.05) is 13.8 Å². The first-order valence-electron chi connectivity index (χ1n) is 12.9. The Bertz CT molecular complexity index is 1000. The number of nitrogens with zero attached hydrogens (tertiary/aromatic N) is 4. The van der Waals surface area contributed by atoms with Gasteiger partial charge in [-0.3, -0.25) is 9.59 Å². The maximum absolute atomic E-state index is 13.1. The van der Waals surface area contributed by atoms with Crippen molar-refractivity contribution in [1.82, 2.24) is 19.0 Å². The Balaban J connectivity index is 1.80. The minimum Gasteiger partial charge on any atom is -0.497 e. The number of aryl methyl sites for hydroxylation is 2. The molecular weight excluding hydrogens is 496 g/mol. The molecular formula is C26H44N4O6S. The lowest BCUT2D eigenvalue weighted by molar-refractivity contribution is -0.137. The van der Waals surface area contributed by atoms with Crippen molar-refractivity contribution in [2.45, 2.75) is 51.5 Å². The van der Waals surface area contributed by atoms with Gasteiger partial charge < -0.3 is 24.2 Å². The third kappa shape index (κ3) is 8.13. The number of rotatable bonds is 14. The number of carbonyl (C=O) groups excluding carboxylic acids is 2. The first-order chi connectivity index (χ1) is 17.5. The van der Waals surface area contributed by atoms with E-state index in [1.807, 2.05) is 4.90 Å². The minimum absolute atomic E-state index is 0.0439. The molecule has 2 rings (SSSR count). The van der Waals surface area contributed by atoms with Crippen molar-refractivity contribution in [2.24, 2.45) is 0 Å². The topological polar surface area (TPSA) is 99.7 Å². The number of likely N-dealkylation sites (tertiary alicyclic amines) is 1. The highest BCUT2D eigenvalue weighted by Gasteiger charge is 2.31. The Hall–Kier alpha value is -2.21. The molecule has 37 heavy (non-hydrogen) atoms. The van der Waals surface area contributed by atoms with Crippen molar-refractivity contribution in [3.63, 3.8) is 0 Å². The molecule has 1 aromatic carbocycles. The van der Waals surface area contributed by atoms with E-state index in [0.717, 1.165) is 26.1 Å². The Kier molecular flexibility index (Phi) is 11.8. The van der Waals surface area contributed by atoms with Crippen LogP contribution < -0.4 is 4.74 Å². The number of amides is 2. The molecule has 1 aliphatic rings. The molecule has 0 N–H and O–H groups in total. The summed E-state index contributed by atoms with van der Waals surface area (Å²) in [5.41, 5.74) is 1.22. The molecule has 1 heterocycles. The number of sulfonamides is 1. The van der Waals surface area contributed by atoms with Crippen LogP contribution in [0.1, 0.15) is 37.8 Å². The lowest BCUT2D eigenvalue weighted by Gasteiger charge is -2.25. The fraction of sp³-hybridized carbons (Fsp3) is 0.692. The largest absolute Gasteiger partial charge is 0.497 e. The van der Waals surface area contributed by atoms with Gasteiger partial charge in [0.05, 0.1) is 24.7 Å². The van der Waals surface area contributed by atoms with Gasteiger partial charge in [-0.05, 0) is 56.6 Å². The van der Waals surface area contributed by atoms with Crippen LogP contribution in [0.3, 0.4) is 0 Å². The predicted molar refractivity (Wildman–Crippen MR) is 143 cm³/mol. The molecule has 0 radical (unpaired) electrons. The highest BCUT2D eigenvalue weighted by molar-refractivity contribution is 7.89. The summed E-state index contributed by atoms with van der Waals surface area (Å²) in [5, 5.41) is 0. The van der Waals surface area contributed by atoms with E-state index in [1.54, 1.807) is 45.0 Å². The fourth-order valence-electron chi connectivity index (χ4n) is 4.61. The van der Waals surface area contributed by atoms with Crippen molar-refractivity contribution in [2.75, 3.05) is 73.7 Å². The van der Waals surface area contributed by atoms with E-state index < -0.39 is 10.0 Å². The van der Waals surface area contributed by atoms with Crippen LogP contribution in [-0.2, 0) is 24.3 Å². The number of hydrogen-bond donors (Lipinski definition) is 0. The molecule has 1 aromatic rings. The molecule has 0 bridgehead atoms. The zero-order valence-corrected chi connectivity index (χ0v) is 24.3. The first-order valence-corrected chi connectivity index (χ1v) is 14.3. The molecule has 210 valence electrons. The van der Waals surface area contributed by atoms with Gasteiger partial charge in [0.25, 0.3) is 0 Å². The Labute approximate surface area is 222 Å². The highest BCUT2D eigenvalue weighted by Crippen LogP contribution is 2.27. The third-order valence-corrected chi connectivity index (χ3v) is 9.27. The fourth-order valence-corrected chi connectivity index (χ4v) is 6.16. The maximum atomic E-state index is 13.1. The Morgan fingerprint density at radius 1 is 1.08 bits per heavy atom. The van der Waals surface area contributed by atoms with Crippen molar-refractivity contribution in [3.05, 3.63) is 23.3 Å². The van der Waals surface area contributed by atoms with Gasteiger partial charge in [-0.15, -0.1) is 0 Å². The molecule has 1 aliphatic heterocycles. The number of hydrogen-bond acceptors (Lipinski definition) is 7. The quantitative estimate of drug-likeness (QED) is 0.332. The Morgan fingerprint density at radius 3 is 2.27 bits per heavy atom. The zero-order valence-electron chi connectivity index (χ0n) is 23.4. The summed E-state index contributed by atoms with van der Waals surface area (Å²) in [5.74, 6) is 0.546. The van der Waals surface area contributed by atoms with Gasteiger partial charge in [-0.2, -0.15) is 4.31 Å². The normalized spacial score (nSPS) is 16.0. The highest BCUT2D eigenvalue weighted by atomic mass is 32.2. The Morgan fingerprint density at radius 2 is 1.70 bits per heavy atom. The molecule has 0 unspecified atom stereocenters. The predicted octanol–water partition coefficient (Wildman–Crippen LogP) is 1.74. The molecule has 10 nitrogen and oxygen atoms in total. The SMILES string of the molecule is CCN(CC)CCC(=O)N1CC[C@@H](N(C)C(=O)COCCN(C)S(=O)(=O)c2c(C)cc(OC)cc2C)C1. The standard InChI is InChI=1S/C26H44N4O6S/c1-8-29(9-2)12-11-24(31)30-13-10-22(18-30)28(6)25(32)19-36-15-14-27(5)37(33,34)26-20(3)16-23(35-7)17-21(26)4/h16-17,22H,8-15,18-19H2,1-7H3/t22-/m1/s1. The van der Waals surface area contributed by atoms with Crippen LogP contribution in [0.5, 0.6) is 5.75 Å².